The molecule has 0 unspecified atom stereocenters. The summed E-state index contributed by atoms with van der Waals surface area (Å²) in [7, 11) is 0. The van der Waals surface area contributed by atoms with Gasteiger partial charge in [0.25, 0.3) is 0 Å². The van der Waals surface area contributed by atoms with Crippen molar-refractivity contribution in [3.05, 3.63) is 24.0 Å². The molecule has 0 aliphatic carbocycles. The highest BCUT2D eigenvalue weighted by Crippen LogP contribution is 2.28. The van der Waals surface area contributed by atoms with Crippen LogP contribution < -0.4 is 4.74 Å². The molecule has 82 valence electrons. The summed E-state index contributed by atoms with van der Waals surface area (Å²) < 4.78 is 17.8. The molecule has 3 nitrogen and oxygen atoms in total. The van der Waals surface area contributed by atoms with E-state index in [-0.39, 0.29) is 12.2 Å². The van der Waals surface area contributed by atoms with Crippen LogP contribution in [0.25, 0.3) is 0 Å². The quantitative estimate of drug-likeness (QED) is 0.616. The molecule has 1 aromatic rings. The normalized spacial score (nSPS) is 10.0. The zero-order valence-electron chi connectivity index (χ0n) is 8.50. The highest BCUT2D eigenvalue weighted by molar-refractivity contribution is 5.73. The monoisotopic (exact) mass is 212 g/mol. The van der Waals surface area contributed by atoms with Gasteiger partial charge in [0.15, 0.2) is 11.6 Å². The highest BCUT2D eigenvalue weighted by atomic mass is 19.1. The second kappa shape index (κ2) is 5.34. The summed E-state index contributed by atoms with van der Waals surface area (Å²) in [4.78, 5) is 11.2. The number of para-hydroxylation sites is 1. The number of hydrogen-bond acceptors (Lipinski definition) is 3. The van der Waals surface area contributed by atoms with Crippen LogP contribution in [-0.2, 0) is 4.79 Å². The van der Waals surface area contributed by atoms with E-state index in [1.165, 1.54) is 12.1 Å². The van der Waals surface area contributed by atoms with E-state index in [2.05, 4.69) is 0 Å². The maximum absolute atomic E-state index is 13.1. The molecule has 0 aliphatic rings. The van der Waals surface area contributed by atoms with Crippen LogP contribution in [-0.4, -0.2) is 11.1 Å². The molecular formula is C11H13FO3. The van der Waals surface area contributed by atoms with Gasteiger partial charge in [0.2, 0.25) is 5.75 Å². The summed E-state index contributed by atoms with van der Waals surface area (Å²) in [5.74, 6) is -2.02. The third kappa shape index (κ3) is 3.23. The van der Waals surface area contributed by atoms with Crippen LogP contribution >= 0.6 is 0 Å². The summed E-state index contributed by atoms with van der Waals surface area (Å²) in [6.45, 7) is 1.94. The summed E-state index contributed by atoms with van der Waals surface area (Å²) in [5, 5.41) is 9.25. The molecule has 0 aromatic heterocycles. The number of phenols is 1. The number of aromatic hydroxyl groups is 1. The number of rotatable bonds is 4. The zero-order chi connectivity index (χ0) is 11.3. The first-order chi connectivity index (χ1) is 7.15. The lowest BCUT2D eigenvalue weighted by atomic mass is 10.2. The predicted octanol–water partition coefficient (Wildman–Crippen LogP) is 2.63. The lowest BCUT2D eigenvalue weighted by Gasteiger charge is -2.06. The van der Waals surface area contributed by atoms with Gasteiger partial charge in [-0.25, -0.2) is 4.39 Å². The van der Waals surface area contributed by atoms with Gasteiger partial charge < -0.3 is 9.84 Å². The first kappa shape index (κ1) is 11.5. The fourth-order valence-corrected chi connectivity index (χ4v) is 1.08. The van der Waals surface area contributed by atoms with Crippen LogP contribution in [0.5, 0.6) is 11.5 Å². The molecule has 0 amide bonds. The molecular weight excluding hydrogens is 199 g/mol. The van der Waals surface area contributed by atoms with E-state index in [0.717, 1.165) is 12.5 Å². The van der Waals surface area contributed by atoms with Crippen molar-refractivity contribution in [3.63, 3.8) is 0 Å². The van der Waals surface area contributed by atoms with Crippen molar-refractivity contribution in [1.29, 1.82) is 0 Å². The molecule has 0 fully saturated rings. The number of esters is 1. The van der Waals surface area contributed by atoms with Crippen molar-refractivity contribution in [2.45, 2.75) is 26.2 Å². The Balaban J connectivity index is 2.68. The molecule has 0 saturated carbocycles. The van der Waals surface area contributed by atoms with E-state index in [0.29, 0.717) is 6.42 Å². The minimum absolute atomic E-state index is 0.226. The van der Waals surface area contributed by atoms with Gasteiger partial charge >= 0.3 is 5.97 Å². The maximum Gasteiger partial charge on any atom is 0.311 e. The van der Waals surface area contributed by atoms with Gasteiger partial charge in [0, 0.05) is 6.42 Å². The maximum atomic E-state index is 13.1. The molecule has 0 saturated heterocycles. The zero-order valence-corrected chi connectivity index (χ0v) is 8.50. The topological polar surface area (TPSA) is 46.5 Å². The average Bonchev–Trinajstić information content (AvgIpc) is 2.21. The molecule has 0 spiro atoms. The van der Waals surface area contributed by atoms with Crippen molar-refractivity contribution in [3.8, 4) is 11.5 Å². The third-order valence-corrected chi connectivity index (χ3v) is 1.90. The standard InChI is InChI=1S/C11H13FO3/c1-2-3-7-10(14)15-11-8(12)5-4-6-9(11)13/h4-6,13H,2-3,7H2,1H3. The van der Waals surface area contributed by atoms with Crippen molar-refractivity contribution in [1.82, 2.24) is 0 Å². The molecule has 1 aromatic carbocycles. The number of benzene rings is 1. The average molecular weight is 212 g/mol. The van der Waals surface area contributed by atoms with Crippen LogP contribution in [0.3, 0.4) is 0 Å². The molecule has 0 atom stereocenters. The van der Waals surface area contributed by atoms with Crippen LogP contribution in [0.15, 0.2) is 18.2 Å². The first-order valence-electron chi connectivity index (χ1n) is 4.83. The second-order valence-electron chi connectivity index (χ2n) is 3.17. The Bertz CT molecular complexity index is 329. The largest absolute Gasteiger partial charge is 0.504 e. The van der Waals surface area contributed by atoms with E-state index in [1.54, 1.807) is 0 Å². The second-order valence-corrected chi connectivity index (χ2v) is 3.17. The van der Waals surface area contributed by atoms with Gasteiger partial charge in [0.05, 0.1) is 0 Å². The van der Waals surface area contributed by atoms with Crippen LogP contribution in [0, 0.1) is 5.82 Å². The number of unbranched alkanes of at least 4 members (excludes halogenated alkanes) is 1. The van der Waals surface area contributed by atoms with Crippen LogP contribution in [0.1, 0.15) is 26.2 Å². The molecule has 0 bridgehead atoms. The van der Waals surface area contributed by atoms with E-state index >= 15 is 0 Å². The fourth-order valence-electron chi connectivity index (χ4n) is 1.08. The van der Waals surface area contributed by atoms with Gasteiger partial charge in [-0.3, -0.25) is 4.79 Å². The van der Waals surface area contributed by atoms with Crippen LogP contribution in [0.4, 0.5) is 4.39 Å². The summed E-state index contributed by atoms with van der Waals surface area (Å²) in [6, 6.07) is 3.74. The summed E-state index contributed by atoms with van der Waals surface area (Å²) in [6.07, 6.45) is 1.77. The fraction of sp³-hybridized carbons (Fsp3) is 0.364. The Morgan fingerprint density at radius 3 is 2.87 bits per heavy atom. The number of carbonyl (C=O) groups is 1. The smallest absolute Gasteiger partial charge is 0.311 e. The molecule has 0 heterocycles. The van der Waals surface area contributed by atoms with Crippen molar-refractivity contribution in [2.24, 2.45) is 0 Å². The molecule has 15 heavy (non-hydrogen) atoms. The number of carbonyl (C=O) groups excluding carboxylic acids is 1. The van der Waals surface area contributed by atoms with Crippen LogP contribution in [0.2, 0.25) is 0 Å². The SMILES string of the molecule is CCCCC(=O)Oc1c(O)cccc1F. The molecule has 0 aliphatic heterocycles. The molecule has 1 N–H and O–H groups in total. The minimum Gasteiger partial charge on any atom is -0.504 e. The Morgan fingerprint density at radius 2 is 2.27 bits per heavy atom. The van der Waals surface area contributed by atoms with E-state index in [1.807, 2.05) is 6.92 Å². The van der Waals surface area contributed by atoms with E-state index < -0.39 is 17.5 Å². The highest BCUT2D eigenvalue weighted by Gasteiger charge is 2.12. The number of ether oxygens (including phenoxy) is 1. The van der Waals surface area contributed by atoms with E-state index in [4.69, 9.17) is 4.74 Å². The molecule has 1 rings (SSSR count). The Labute approximate surface area is 87.5 Å². The van der Waals surface area contributed by atoms with Gasteiger partial charge in [-0.15, -0.1) is 0 Å². The van der Waals surface area contributed by atoms with Gasteiger partial charge in [0.1, 0.15) is 0 Å². The lowest BCUT2D eigenvalue weighted by Crippen LogP contribution is -2.08. The lowest BCUT2D eigenvalue weighted by molar-refractivity contribution is -0.134. The van der Waals surface area contributed by atoms with E-state index in [9.17, 15) is 14.3 Å². The minimum atomic E-state index is -0.736. The van der Waals surface area contributed by atoms with Crippen molar-refractivity contribution in [2.75, 3.05) is 0 Å². The summed E-state index contributed by atoms with van der Waals surface area (Å²) >= 11 is 0. The Kier molecular flexibility index (Phi) is 4.09. The summed E-state index contributed by atoms with van der Waals surface area (Å²) in [5.41, 5.74) is 0. The predicted molar refractivity (Wildman–Crippen MR) is 53.2 cm³/mol. The number of halogens is 1. The molecule has 0 radical (unpaired) electrons. The Hall–Kier alpha value is -1.58. The first-order valence-corrected chi connectivity index (χ1v) is 4.83. The van der Waals surface area contributed by atoms with Gasteiger partial charge in [-0.05, 0) is 18.6 Å². The van der Waals surface area contributed by atoms with Crippen molar-refractivity contribution >= 4 is 5.97 Å². The molecule has 4 heteroatoms. The number of hydrogen-bond donors (Lipinski definition) is 1. The van der Waals surface area contributed by atoms with Gasteiger partial charge in [-0.1, -0.05) is 19.4 Å². The third-order valence-electron chi connectivity index (χ3n) is 1.90. The van der Waals surface area contributed by atoms with Gasteiger partial charge in [-0.2, -0.15) is 0 Å². The Morgan fingerprint density at radius 1 is 1.53 bits per heavy atom. The van der Waals surface area contributed by atoms with Crippen molar-refractivity contribution < 1.29 is 19.0 Å². The number of phenolic OH excluding ortho intramolecular Hbond substituents is 1.